The fraction of sp³-hybridized carbons (Fsp3) is 0.222. The second-order valence-electron chi connectivity index (χ2n) is 5.78. The molecular formula is C18H15F3N2O2. The molecule has 0 saturated heterocycles. The fourth-order valence-corrected chi connectivity index (χ4v) is 2.70. The maximum atomic E-state index is 14.7. The molecule has 0 radical (unpaired) electrons. The Morgan fingerprint density at radius 1 is 1.20 bits per heavy atom. The molecule has 0 aliphatic rings. The minimum atomic E-state index is -2.94. The summed E-state index contributed by atoms with van der Waals surface area (Å²) in [7, 11) is 0. The van der Waals surface area contributed by atoms with E-state index in [1.807, 2.05) is 13.8 Å². The summed E-state index contributed by atoms with van der Waals surface area (Å²) in [5, 5.41) is 4.92. The number of carbonyl (C=O) groups is 1. The molecule has 0 N–H and O–H groups in total. The Labute approximate surface area is 141 Å². The number of rotatable bonds is 5. The molecule has 7 heteroatoms. The van der Waals surface area contributed by atoms with E-state index in [1.165, 1.54) is 22.9 Å². The second-order valence-corrected chi connectivity index (χ2v) is 5.78. The number of ether oxygens (including phenoxy) is 1. The molecule has 0 saturated carbocycles. The van der Waals surface area contributed by atoms with Crippen LogP contribution in [-0.2, 0) is 0 Å². The number of carbonyl (C=O) groups excluding carboxylic acids is 1. The number of hydrogen-bond acceptors (Lipinski definition) is 3. The summed E-state index contributed by atoms with van der Waals surface area (Å²) in [5.74, 6) is -0.662. The molecule has 0 aliphatic carbocycles. The molecule has 3 rings (SSSR count). The summed E-state index contributed by atoms with van der Waals surface area (Å²) in [4.78, 5) is 11.0. The number of fused-ring (bicyclic) bond motifs is 1. The van der Waals surface area contributed by atoms with Crippen molar-refractivity contribution in [1.29, 1.82) is 0 Å². The third-order valence-electron chi connectivity index (χ3n) is 3.79. The largest absolute Gasteiger partial charge is 0.435 e. The molecule has 2 aromatic carbocycles. The van der Waals surface area contributed by atoms with Gasteiger partial charge in [0.1, 0.15) is 17.0 Å². The average Bonchev–Trinajstić information content (AvgIpc) is 2.95. The van der Waals surface area contributed by atoms with Gasteiger partial charge >= 0.3 is 6.61 Å². The summed E-state index contributed by atoms with van der Waals surface area (Å²) in [6.07, 6.45) is 0.448. The van der Waals surface area contributed by atoms with Crippen molar-refractivity contribution >= 4 is 17.2 Å². The van der Waals surface area contributed by atoms with Gasteiger partial charge in [0, 0.05) is 17.0 Å². The van der Waals surface area contributed by atoms with E-state index in [9.17, 15) is 18.0 Å². The molecule has 0 unspecified atom stereocenters. The third kappa shape index (κ3) is 3.09. The Hall–Kier alpha value is -2.83. The predicted octanol–water partition coefficient (Wildman–Crippen LogP) is 4.84. The fourth-order valence-electron chi connectivity index (χ4n) is 2.70. The van der Waals surface area contributed by atoms with Gasteiger partial charge in [-0.05, 0) is 38.1 Å². The van der Waals surface area contributed by atoms with E-state index in [-0.39, 0.29) is 22.9 Å². The van der Waals surface area contributed by atoms with Gasteiger partial charge in [0.25, 0.3) is 0 Å². The zero-order valence-electron chi connectivity index (χ0n) is 13.5. The van der Waals surface area contributed by atoms with E-state index < -0.39 is 12.4 Å². The number of hydrogen-bond donors (Lipinski definition) is 0. The molecule has 1 aromatic heterocycles. The quantitative estimate of drug-likeness (QED) is 0.620. The van der Waals surface area contributed by atoms with Crippen LogP contribution in [0.2, 0.25) is 0 Å². The third-order valence-corrected chi connectivity index (χ3v) is 3.79. The lowest BCUT2D eigenvalue weighted by molar-refractivity contribution is -0.0498. The van der Waals surface area contributed by atoms with Gasteiger partial charge in [-0.25, -0.2) is 4.39 Å². The first-order valence-corrected chi connectivity index (χ1v) is 7.63. The van der Waals surface area contributed by atoms with Gasteiger partial charge in [-0.3, -0.25) is 9.48 Å². The number of benzene rings is 2. The first kappa shape index (κ1) is 17.0. The summed E-state index contributed by atoms with van der Waals surface area (Å²) in [6, 6.07) is 8.88. The van der Waals surface area contributed by atoms with E-state index in [0.717, 1.165) is 0 Å². The molecule has 25 heavy (non-hydrogen) atoms. The summed E-state index contributed by atoms with van der Waals surface area (Å²) in [6.45, 7) is 0.729. The molecule has 3 aromatic rings. The van der Waals surface area contributed by atoms with Gasteiger partial charge in [-0.15, -0.1) is 0 Å². The first-order chi connectivity index (χ1) is 11.9. The molecular weight excluding hydrogens is 333 g/mol. The molecule has 0 amide bonds. The van der Waals surface area contributed by atoms with Gasteiger partial charge in [-0.2, -0.15) is 13.9 Å². The van der Waals surface area contributed by atoms with Crippen molar-refractivity contribution in [3.8, 4) is 17.0 Å². The van der Waals surface area contributed by atoms with Crippen LogP contribution in [0.1, 0.15) is 30.2 Å². The normalized spacial score (nSPS) is 11.5. The number of halogens is 3. The van der Waals surface area contributed by atoms with Gasteiger partial charge in [0.15, 0.2) is 12.1 Å². The van der Waals surface area contributed by atoms with Crippen LogP contribution in [0.3, 0.4) is 0 Å². The van der Waals surface area contributed by atoms with E-state index in [0.29, 0.717) is 22.9 Å². The van der Waals surface area contributed by atoms with Crippen molar-refractivity contribution in [1.82, 2.24) is 9.78 Å². The van der Waals surface area contributed by atoms with Crippen LogP contribution in [0.25, 0.3) is 22.2 Å². The standard InChI is InChI=1S/C18H15F3N2O2/c1-10(2)23-17-14(7-6-12(9-24)15(17)19)16(22-23)11-4-3-5-13(8-11)25-18(20)21/h3-10,18H,1-2H3. The van der Waals surface area contributed by atoms with Crippen LogP contribution in [-0.4, -0.2) is 22.7 Å². The highest BCUT2D eigenvalue weighted by molar-refractivity contribution is 5.96. The molecule has 0 fully saturated rings. The van der Waals surface area contributed by atoms with Gasteiger partial charge < -0.3 is 4.74 Å². The Balaban J connectivity index is 2.24. The molecule has 0 spiro atoms. The van der Waals surface area contributed by atoms with E-state index in [2.05, 4.69) is 9.84 Å². The molecule has 4 nitrogen and oxygen atoms in total. The van der Waals surface area contributed by atoms with Gasteiger partial charge in [0.05, 0.1) is 5.56 Å². The van der Waals surface area contributed by atoms with Crippen molar-refractivity contribution < 1.29 is 22.7 Å². The number of alkyl halides is 2. The topological polar surface area (TPSA) is 44.1 Å². The molecule has 1 heterocycles. The average molecular weight is 348 g/mol. The Morgan fingerprint density at radius 3 is 2.60 bits per heavy atom. The highest BCUT2D eigenvalue weighted by Crippen LogP contribution is 2.33. The Morgan fingerprint density at radius 2 is 1.96 bits per heavy atom. The molecule has 0 bridgehead atoms. The van der Waals surface area contributed by atoms with Crippen LogP contribution in [0.4, 0.5) is 13.2 Å². The van der Waals surface area contributed by atoms with Crippen LogP contribution < -0.4 is 4.74 Å². The van der Waals surface area contributed by atoms with Gasteiger partial charge in [-0.1, -0.05) is 12.1 Å². The van der Waals surface area contributed by atoms with Crippen molar-refractivity contribution in [3.05, 3.63) is 47.8 Å². The van der Waals surface area contributed by atoms with Crippen LogP contribution in [0.5, 0.6) is 5.75 Å². The minimum Gasteiger partial charge on any atom is -0.435 e. The molecule has 0 aliphatic heterocycles. The van der Waals surface area contributed by atoms with Crippen molar-refractivity contribution in [2.75, 3.05) is 0 Å². The van der Waals surface area contributed by atoms with Crippen LogP contribution >= 0.6 is 0 Å². The SMILES string of the molecule is CC(C)n1nc(-c2cccc(OC(F)F)c2)c2ccc(C=O)c(F)c21. The highest BCUT2D eigenvalue weighted by atomic mass is 19.3. The zero-order valence-corrected chi connectivity index (χ0v) is 13.5. The highest BCUT2D eigenvalue weighted by Gasteiger charge is 2.20. The van der Waals surface area contributed by atoms with E-state index >= 15 is 0 Å². The lowest BCUT2D eigenvalue weighted by Gasteiger charge is -2.08. The zero-order chi connectivity index (χ0) is 18.1. The van der Waals surface area contributed by atoms with Crippen molar-refractivity contribution in [2.24, 2.45) is 0 Å². The molecule has 130 valence electrons. The van der Waals surface area contributed by atoms with E-state index in [1.54, 1.807) is 18.2 Å². The number of nitrogens with zero attached hydrogens (tertiary/aromatic N) is 2. The monoisotopic (exact) mass is 348 g/mol. The van der Waals surface area contributed by atoms with Crippen molar-refractivity contribution in [2.45, 2.75) is 26.5 Å². The summed E-state index contributed by atoms with van der Waals surface area (Å²) < 4.78 is 45.4. The Kier molecular flexibility index (Phi) is 4.48. The van der Waals surface area contributed by atoms with Crippen LogP contribution in [0, 0.1) is 5.82 Å². The smallest absolute Gasteiger partial charge is 0.387 e. The summed E-state index contributed by atoms with van der Waals surface area (Å²) >= 11 is 0. The van der Waals surface area contributed by atoms with E-state index in [4.69, 9.17) is 0 Å². The number of aromatic nitrogens is 2. The maximum Gasteiger partial charge on any atom is 0.387 e. The summed E-state index contributed by atoms with van der Waals surface area (Å²) in [5.41, 5.74) is 1.09. The lowest BCUT2D eigenvalue weighted by Crippen LogP contribution is -2.05. The number of aldehydes is 1. The lowest BCUT2D eigenvalue weighted by atomic mass is 10.1. The molecule has 0 atom stereocenters. The minimum absolute atomic E-state index is 0.00951. The Bertz CT molecular complexity index is 935. The van der Waals surface area contributed by atoms with Crippen LogP contribution in [0.15, 0.2) is 36.4 Å². The van der Waals surface area contributed by atoms with Crippen molar-refractivity contribution in [3.63, 3.8) is 0 Å². The second kappa shape index (κ2) is 6.58. The van der Waals surface area contributed by atoms with Gasteiger partial charge in [0.2, 0.25) is 0 Å². The predicted molar refractivity (Wildman–Crippen MR) is 87.5 cm³/mol. The maximum absolute atomic E-state index is 14.7. The first-order valence-electron chi connectivity index (χ1n) is 7.63.